The van der Waals surface area contributed by atoms with Crippen LogP contribution in [-0.4, -0.2) is 62.4 Å². The summed E-state index contributed by atoms with van der Waals surface area (Å²) in [6, 6.07) is 21.0. The van der Waals surface area contributed by atoms with Gasteiger partial charge in [0, 0.05) is 49.5 Å². The van der Waals surface area contributed by atoms with Gasteiger partial charge in [0.15, 0.2) is 0 Å². The monoisotopic (exact) mass is 495 g/mol. The summed E-state index contributed by atoms with van der Waals surface area (Å²) < 4.78 is 7.45. The fraction of sp³-hybridized carbons (Fsp3) is 0.367. The first-order valence-corrected chi connectivity index (χ1v) is 13.1. The molecule has 1 aromatic carbocycles. The van der Waals surface area contributed by atoms with Gasteiger partial charge in [-0.15, -0.1) is 0 Å². The largest absolute Gasteiger partial charge is 0.481 e. The van der Waals surface area contributed by atoms with Crippen LogP contribution in [0.5, 0.6) is 5.88 Å². The standard InChI is InChI=1S/C30H33N5O2/c1-20(2)21-10-12-22(13-11-21)29-26(34-16-5-4-8-27(34)32-29)19-35-23-14-15-24(35)18-33(17-23)30(36)25-7-6-9-28(31-25)37-3/h4-13,16,20,23-24H,14-15,17-19H2,1-3H3. The lowest BCUT2D eigenvalue weighted by molar-refractivity contribution is 0.0414. The molecule has 0 aliphatic carbocycles. The van der Waals surface area contributed by atoms with Crippen molar-refractivity contribution in [3.63, 3.8) is 0 Å². The van der Waals surface area contributed by atoms with E-state index in [0.29, 0.717) is 42.7 Å². The number of hydrogen-bond acceptors (Lipinski definition) is 5. The second-order valence-electron chi connectivity index (χ2n) is 10.4. The molecule has 7 heteroatoms. The second kappa shape index (κ2) is 9.63. The molecule has 2 aliphatic rings. The number of rotatable bonds is 6. The Kier molecular flexibility index (Phi) is 6.16. The number of pyridine rings is 2. The highest BCUT2D eigenvalue weighted by molar-refractivity contribution is 5.92. The molecule has 5 heterocycles. The van der Waals surface area contributed by atoms with E-state index in [1.807, 2.05) is 17.0 Å². The summed E-state index contributed by atoms with van der Waals surface area (Å²) >= 11 is 0. The van der Waals surface area contributed by atoms with Gasteiger partial charge in [-0.1, -0.05) is 50.2 Å². The van der Waals surface area contributed by atoms with Crippen LogP contribution in [-0.2, 0) is 6.54 Å². The molecule has 2 unspecified atom stereocenters. The summed E-state index contributed by atoms with van der Waals surface area (Å²) in [6.45, 7) is 6.67. The Hall–Kier alpha value is -3.71. The van der Waals surface area contributed by atoms with Crippen LogP contribution in [0, 0.1) is 0 Å². The van der Waals surface area contributed by atoms with Crippen LogP contribution in [0.1, 0.15) is 54.4 Å². The summed E-state index contributed by atoms with van der Waals surface area (Å²) in [7, 11) is 1.57. The summed E-state index contributed by atoms with van der Waals surface area (Å²) in [5, 5.41) is 0. The number of imidazole rings is 1. The summed E-state index contributed by atoms with van der Waals surface area (Å²) in [5.74, 6) is 0.946. The van der Waals surface area contributed by atoms with E-state index in [1.54, 1.807) is 19.2 Å². The summed E-state index contributed by atoms with van der Waals surface area (Å²) in [5.41, 5.74) is 6.14. The number of carbonyl (C=O) groups is 1. The van der Waals surface area contributed by atoms with Crippen molar-refractivity contribution in [3.8, 4) is 17.1 Å². The van der Waals surface area contributed by atoms with Crippen molar-refractivity contribution in [2.75, 3.05) is 20.2 Å². The molecule has 2 atom stereocenters. The van der Waals surface area contributed by atoms with Gasteiger partial charge in [-0.25, -0.2) is 9.97 Å². The van der Waals surface area contributed by atoms with Crippen LogP contribution in [0.3, 0.4) is 0 Å². The van der Waals surface area contributed by atoms with Crippen LogP contribution >= 0.6 is 0 Å². The quantitative estimate of drug-likeness (QED) is 0.376. The predicted molar refractivity (Wildman–Crippen MR) is 144 cm³/mol. The Bertz CT molecular complexity index is 1410. The van der Waals surface area contributed by atoms with Crippen LogP contribution in [0.4, 0.5) is 0 Å². The Morgan fingerprint density at radius 3 is 2.43 bits per heavy atom. The van der Waals surface area contributed by atoms with Gasteiger partial charge in [-0.2, -0.15) is 0 Å². The van der Waals surface area contributed by atoms with Gasteiger partial charge in [0.2, 0.25) is 5.88 Å². The van der Waals surface area contributed by atoms with Gasteiger partial charge < -0.3 is 14.0 Å². The van der Waals surface area contributed by atoms with Crippen molar-refractivity contribution in [3.05, 3.63) is 83.8 Å². The van der Waals surface area contributed by atoms with Crippen molar-refractivity contribution in [2.45, 2.75) is 51.2 Å². The molecule has 2 aliphatic heterocycles. The van der Waals surface area contributed by atoms with Gasteiger partial charge in [0.05, 0.1) is 18.5 Å². The van der Waals surface area contributed by atoms with Gasteiger partial charge in [0.25, 0.3) is 5.91 Å². The van der Waals surface area contributed by atoms with E-state index in [2.05, 4.69) is 70.7 Å². The molecule has 37 heavy (non-hydrogen) atoms. The van der Waals surface area contributed by atoms with E-state index in [1.165, 1.54) is 11.3 Å². The highest BCUT2D eigenvalue weighted by Gasteiger charge is 2.42. The molecule has 1 amide bonds. The normalized spacial score (nSPS) is 19.6. The molecule has 0 N–H and O–H groups in total. The van der Waals surface area contributed by atoms with Crippen molar-refractivity contribution in [2.24, 2.45) is 0 Å². The predicted octanol–water partition coefficient (Wildman–Crippen LogP) is 5.02. The number of fused-ring (bicyclic) bond motifs is 3. The van der Waals surface area contributed by atoms with Crippen LogP contribution in [0.25, 0.3) is 16.9 Å². The number of benzene rings is 1. The van der Waals surface area contributed by atoms with Gasteiger partial charge in [-0.05, 0) is 42.5 Å². The van der Waals surface area contributed by atoms with Crippen molar-refractivity contribution in [1.29, 1.82) is 0 Å². The second-order valence-corrected chi connectivity index (χ2v) is 10.4. The van der Waals surface area contributed by atoms with E-state index >= 15 is 0 Å². The average Bonchev–Trinajstić information content (AvgIpc) is 3.40. The van der Waals surface area contributed by atoms with Crippen molar-refractivity contribution in [1.82, 2.24) is 24.2 Å². The lowest BCUT2D eigenvalue weighted by atomic mass is 10.00. The minimum absolute atomic E-state index is 0.0174. The zero-order valence-electron chi connectivity index (χ0n) is 21.7. The van der Waals surface area contributed by atoms with Gasteiger partial charge >= 0.3 is 0 Å². The SMILES string of the molecule is COc1cccc(C(=O)N2CC3CCC(C2)N3Cc2c(-c3ccc(C(C)C)cc3)nc3ccccn23)n1. The average molecular weight is 496 g/mol. The Morgan fingerprint density at radius 2 is 1.73 bits per heavy atom. The first-order chi connectivity index (χ1) is 18.0. The topological polar surface area (TPSA) is 63.0 Å². The molecule has 2 bridgehead atoms. The molecule has 3 aromatic heterocycles. The minimum Gasteiger partial charge on any atom is -0.481 e. The van der Waals surface area contributed by atoms with E-state index in [-0.39, 0.29) is 5.91 Å². The number of aromatic nitrogens is 3. The Labute approximate surface area is 217 Å². The summed E-state index contributed by atoms with van der Waals surface area (Å²) in [6.07, 6.45) is 4.30. The van der Waals surface area contributed by atoms with Crippen LogP contribution in [0.15, 0.2) is 66.9 Å². The number of methoxy groups -OCH3 is 1. The number of hydrogen-bond donors (Lipinski definition) is 0. The number of ether oxygens (including phenoxy) is 1. The molecule has 0 saturated carbocycles. The molecule has 6 rings (SSSR count). The first-order valence-electron chi connectivity index (χ1n) is 13.1. The molecule has 4 aromatic rings. The fourth-order valence-electron chi connectivity index (χ4n) is 5.85. The summed E-state index contributed by atoms with van der Waals surface area (Å²) in [4.78, 5) is 27.3. The highest BCUT2D eigenvalue weighted by Crippen LogP contribution is 2.35. The van der Waals surface area contributed by atoms with E-state index in [4.69, 9.17) is 9.72 Å². The van der Waals surface area contributed by atoms with Crippen molar-refractivity contribution < 1.29 is 9.53 Å². The third kappa shape index (κ3) is 4.37. The lowest BCUT2D eigenvalue weighted by Crippen LogP contribution is -2.55. The van der Waals surface area contributed by atoms with E-state index < -0.39 is 0 Å². The number of carbonyl (C=O) groups excluding carboxylic acids is 1. The molecule has 190 valence electrons. The maximum atomic E-state index is 13.3. The zero-order chi connectivity index (χ0) is 25.5. The molecule has 7 nitrogen and oxygen atoms in total. The maximum absolute atomic E-state index is 13.3. The molecule has 2 saturated heterocycles. The molecule has 0 spiro atoms. The zero-order valence-corrected chi connectivity index (χ0v) is 21.7. The maximum Gasteiger partial charge on any atom is 0.272 e. The number of nitrogens with zero attached hydrogens (tertiary/aromatic N) is 5. The smallest absolute Gasteiger partial charge is 0.272 e. The fourth-order valence-corrected chi connectivity index (χ4v) is 5.85. The van der Waals surface area contributed by atoms with Crippen LogP contribution < -0.4 is 4.74 Å². The Balaban J connectivity index is 1.27. The number of likely N-dealkylation sites (tertiary alicyclic amines) is 1. The van der Waals surface area contributed by atoms with Gasteiger partial charge in [0.1, 0.15) is 11.3 Å². The number of amides is 1. The van der Waals surface area contributed by atoms with Gasteiger partial charge in [-0.3, -0.25) is 9.69 Å². The third-order valence-electron chi connectivity index (χ3n) is 7.88. The molecular weight excluding hydrogens is 462 g/mol. The molecular formula is C30H33N5O2. The first kappa shape index (κ1) is 23.7. The third-order valence-corrected chi connectivity index (χ3v) is 7.88. The van der Waals surface area contributed by atoms with E-state index in [9.17, 15) is 4.79 Å². The highest BCUT2D eigenvalue weighted by atomic mass is 16.5. The minimum atomic E-state index is -0.0174. The lowest BCUT2D eigenvalue weighted by Gasteiger charge is -2.41. The number of piperazine rings is 1. The van der Waals surface area contributed by atoms with Crippen molar-refractivity contribution >= 4 is 11.6 Å². The van der Waals surface area contributed by atoms with E-state index in [0.717, 1.165) is 36.3 Å². The Morgan fingerprint density at radius 1 is 0.973 bits per heavy atom. The molecule has 0 radical (unpaired) electrons. The molecule has 2 fully saturated rings. The van der Waals surface area contributed by atoms with Crippen LogP contribution in [0.2, 0.25) is 0 Å².